The number of carbonyl (C=O) groups excluding carboxylic acids is 1. The summed E-state index contributed by atoms with van der Waals surface area (Å²) in [6.07, 6.45) is 2.23. The number of nitriles is 1. The Morgan fingerprint density at radius 2 is 2.22 bits per heavy atom. The zero-order valence-corrected chi connectivity index (χ0v) is 11.1. The van der Waals surface area contributed by atoms with E-state index in [1.807, 2.05) is 26.8 Å². The number of ether oxygens (including phenoxy) is 1. The zero-order chi connectivity index (χ0) is 13.6. The second kappa shape index (κ2) is 6.15. The summed E-state index contributed by atoms with van der Waals surface area (Å²) in [5.74, 6) is 0.505. The average Bonchev–Trinajstić information content (AvgIpc) is 2.36. The molecule has 0 atom stereocenters. The van der Waals surface area contributed by atoms with E-state index >= 15 is 0 Å². The van der Waals surface area contributed by atoms with Gasteiger partial charge in [-0.05, 0) is 45.7 Å². The quantitative estimate of drug-likeness (QED) is 0.572. The number of nitrogens with zero attached hydrogens (tertiary/aromatic N) is 2. The maximum atomic E-state index is 10.8. The first-order valence-electron chi connectivity index (χ1n) is 5.95. The van der Waals surface area contributed by atoms with E-state index in [0.29, 0.717) is 24.3 Å². The number of aryl methyl sites for hydroxylation is 1. The highest BCUT2D eigenvalue weighted by molar-refractivity contribution is 5.76. The van der Waals surface area contributed by atoms with Crippen molar-refractivity contribution in [1.29, 1.82) is 5.26 Å². The molecule has 1 heterocycles. The Labute approximate surface area is 108 Å². The van der Waals surface area contributed by atoms with Crippen LogP contribution in [0.15, 0.2) is 12.1 Å². The molecule has 1 aromatic heterocycles. The van der Waals surface area contributed by atoms with Gasteiger partial charge in [-0.3, -0.25) is 4.79 Å². The fraction of sp³-hybridized carbons (Fsp3) is 0.500. The lowest BCUT2D eigenvalue weighted by Crippen LogP contribution is -2.10. The van der Waals surface area contributed by atoms with Crippen LogP contribution >= 0.6 is 0 Å². The molecule has 0 aliphatic rings. The molecule has 4 nitrogen and oxygen atoms in total. The second-order valence-corrected chi connectivity index (χ2v) is 4.90. The number of aromatic nitrogens is 1. The standard InChI is InChI=1S/C14H18N2O2/c1-11-5-6-13(12(9-17)16-11)18-8-4-7-14(2,3)10-15/h5-6,9H,4,7-8H2,1-3H3. The van der Waals surface area contributed by atoms with Crippen LogP contribution < -0.4 is 4.74 Å². The highest BCUT2D eigenvalue weighted by Gasteiger charge is 2.15. The number of aldehydes is 1. The van der Waals surface area contributed by atoms with Crippen molar-refractivity contribution in [2.45, 2.75) is 33.6 Å². The van der Waals surface area contributed by atoms with Crippen molar-refractivity contribution in [3.8, 4) is 11.8 Å². The number of carbonyl (C=O) groups is 1. The highest BCUT2D eigenvalue weighted by Crippen LogP contribution is 2.21. The van der Waals surface area contributed by atoms with E-state index < -0.39 is 0 Å². The van der Waals surface area contributed by atoms with Crippen LogP contribution in [0.3, 0.4) is 0 Å². The van der Waals surface area contributed by atoms with E-state index in [-0.39, 0.29) is 5.41 Å². The Bertz CT molecular complexity index is 461. The third-order valence-electron chi connectivity index (χ3n) is 2.64. The first-order valence-corrected chi connectivity index (χ1v) is 5.95. The van der Waals surface area contributed by atoms with Gasteiger partial charge >= 0.3 is 0 Å². The molecule has 96 valence electrons. The minimum atomic E-state index is -0.331. The molecule has 0 saturated heterocycles. The lowest BCUT2D eigenvalue weighted by molar-refractivity contribution is 0.111. The van der Waals surface area contributed by atoms with Gasteiger partial charge in [-0.25, -0.2) is 4.98 Å². The SMILES string of the molecule is Cc1ccc(OCCCC(C)(C)C#N)c(C=O)n1. The maximum Gasteiger partial charge on any atom is 0.172 e. The lowest BCUT2D eigenvalue weighted by atomic mass is 9.90. The van der Waals surface area contributed by atoms with Gasteiger partial charge in [0.1, 0.15) is 11.4 Å². The van der Waals surface area contributed by atoms with Gasteiger partial charge in [-0.1, -0.05) is 0 Å². The predicted octanol–water partition coefficient (Wildman–Crippen LogP) is 2.91. The van der Waals surface area contributed by atoms with Crippen molar-refractivity contribution >= 4 is 6.29 Å². The van der Waals surface area contributed by atoms with Gasteiger partial charge in [0, 0.05) is 5.69 Å². The monoisotopic (exact) mass is 246 g/mol. The van der Waals surface area contributed by atoms with E-state index in [9.17, 15) is 4.79 Å². The maximum absolute atomic E-state index is 10.8. The van der Waals surface area contributed by atoms with E-state index in [4.69, 9.17) is 10.00 Å². The Hall–Kier alpha value is -1.89. The van der Waals surface area contributed by atoms with E-state index in [1.54, 1.807) is 6.07 Å². The summed E-state index contributed by atoms with van der Waals surface area (Å²) in [4.78, 5) is 14.9. The predicted molar refractivity (Wildman–Crippen MR) is 68.5 cm³/mol. The zero-order valence-electron chi connectivity index (χ0n) is 11.1. The molecule has 0 N–H and O–H groups in total. The van der Waals surface area contributed by atoms with Crippen LogP contribution in [0.5, 0.6) is 5.75 Å². The molecule has 0 aliphatic heterocycles. The smallest absolute Gasteiger partial charge is 0.172 e. The average molecular weight is 246 g/mol. The summed E-state index contributed by atoms with van der Waals surface area (Å²) in [6, 6.07) is 5.80. The molecule has 0 amide bonds. The molecule has 18 heavy (non-hydrogen) atoms. The topological polar surface area (TPSA) is 63.0 Å². The van der Waals surface area contributed by atoms with Crippen LogP contribution in [0.4, 0.5) is 0 Å². The normalized spacial score (nSPS) is 10.8. The van der Waals surface area contributed by atoms with Crippen LogP contribution in [-0.2, 0) is 0 Å². The molecule has 0 aromatic carbocycles. The molecule has 1 rings (SSSR count). The molecule has 1 aromatic rings. The second-order valence-electron chi connectivity index (χ2n) is 4.90. The molecule has 0 spiro atoms. The molecule has 4 heteroatoms. The van der Waals surface area contributed by atoms with Gasteiger partial charge < -0.3 is 4.74 Å². The minimum Gasteiger partial charge on any atom is -0.491 e. The Kier molecular flexibility index (Phi) is 4.85. The van der Waals surface area contributed by atoms with Crippen LogP contribution in [0.2, 0.25) is 0 Å². The van der Waals surface area contributed by atoms with E-state index in [2.05, 4.69) is 11.1 Å². The molecule has 0 saturated carbocycles. The van der Waals surface area contributed by atoms with Crippen LogP contribution in [0.25, 0.3) is 0 Å². The number of hydrogen-bond donors (Lipinski definition) is 0. The molecule has 0 bridgehead atoms. The van der Waals surface area contributed by atoms with Crippen molar-refractivity contribution in [1.82, 2.24) is 4.98 Å². The summed E-state index contributed by atoms with van der Waals surface area (Å²) >= 11 is 0. The van der Waals surface area contributed by atoms with Crippen LogP contribution in [-0.4, -0.2) is 17.9 Å². The largest absolute Gasteiger partial charge is 0.491 e. The van der Waals surface area contributed by atoms with Gasteiger partial charge in [-0.2, -0.15) is 5.26 Å². The van der Waals surface area contributed by atoms with Gasteiger partial charge in [-0.15, -0.1) is 0 Å². The van der Waals surface area contributed by atoms with Crippen molar-refractivity contribution < 1.29 is 9.53 Å². The summed E-state index contributed by atoms with van der Waals surface area (Å²) < 4.78 is 5.52. The van der Waals surface area contributed by atoms with E-state index in [1.165, 1.54) is 0 Å². The van der Waals surface area contributed by atoms with Crippen molar-refractivity contribution in [3.63, 3.8) is 0 Å². The van der Waals surface area contributed by atoms with Crippen molar-refractivity contribution in [2.75, 3.05) is 6.61 Å². The first-order chi connectivity index (χ1) is 8.48. The lowest BCUT2D eigenvalue weighted by Gasteiger charge is -2.15. The number of rotatable bonds is 6. The Morgan fingerprint density at radius 1 is 1.50 bits per heavy atom. The number of hydrogen-bond acceptors (Lipinski definition) is 4. The first kappa shape index (κ1) is 14.2. The summed E-state index contributed by atoms with van der Waals surface area (Å²) in [5.41, 5.74) is 0.784. The Balaban J connectivity index is 2.50. The van der Waals surface area contributed by atoms with Gasteiger partial charge in [0.05, 0.1) is 18.1 Å². The fourth-order valence-corrected chi connectivity index (χ4v) is 1.52. The third-order valence-corrected chi connectivity index (χ3v) is 2.64. The molecule has 0 radical (unpaired) electrons. The van der Waals surface area contributed by atoms with Crippen LogP contribution in [0, 0.1) is 23.7 Å². The minimum absolute atomic E-state index is 0.328. The Morgan fingerprint density at radius 3 is 2.83 bits per heavy atom. The molecule has 0 unspecified atom stereocenters. The van der Waals surface area contributed by atoms with Gasteiger partial charge in [0.25, 0.3) is 0 Å². The highest BCUT2D eigenvalue weighted by atomic mass is 16.5. The number of pyridine rings is 1. The van der Waals surface area contributed by atoms with Crippen molar-refractivity contribution in [3.05, 3.63) is 23.5 Å². The van der Waals surface area contributed by atoms with Crippen molar-refractivity contribution in [2.24, 2.45) is 5.41 Å². The third kappa shape index (κ3) is 4.17. The summed E-state index contributed by atoms with van der Waals surface area (Å²) in [6.45, 7) is 6.11. The molecule has 0 aliphatic carbocycles. The van der Waals surface area contributed by atoms with E-state index in [0.717, 1.165) is 18.5 Å². The molecular formula is C14H18N2O2. The van der Waals surface area contributed by atoms with Gasteiger partial charge in [0.15, 0.2) is 6.29 Å². The summed E-state index contributed by atoms with van der Waals surface area (Å²) in [5, 5.41) is 8.88. The van der Waals surface area contributed by atoms with Crippen LogP contribution in [0.1, 0.15) is 42.9 Å². The molecular weight excluding hydrogens is 228 g/mol. The summed E-state index contributed by atoms with van der Waals surface area (Å²) in [7, 11) is 0. The van der Waals surface area contributed by atoms with Gasteiger partial charge in [0.2, 0.25) is 0 Å². The fourth-order valence-electron chi connectivity index (χ4n) is 1.52. The molecule has 0 fully saturated rings.